The summed E-state index contributed by atoms with van der Waals surface area (Å²) < 4.78 is 0. The van der Waals surface area contributed by atoms with Crippen LogP contribution in [0.3, 0.4) is 0 Å². The highest BCUT2D eigenvalue weighted by molar-refractivity contribution is 5.64. The minimum Gasteiger partial charge on any atom is -0.388 e. The Morgan fingerprint density at radius 3 is 1.90 bits per heavy atom. The summed E-state index contributed by atoms with van der Waals surface area (Å²) in [5, 5.41) is 7.10. The van der Waals surface area contributed by atoms with E-state index in [9.17, 15) is 0 Å². The SMILES string of the molecule is CNc1ccccc1C(NCc1ccccc1)c1ccc(-c2ccccc2)cc1. The molecule has 0 radical (unpaired) electrons. The second-order valence-electron chi connectivity index (χ2n) is 7.12. The summed E-state index contributed by atoms with van der Waals surface area (Å²) in [5.74, 6) is 0. The summed E-state index contributed by atoms with van der Waals surface area (Å²) in [4.78, 5) is 0. The molecule has 2 N–H and O–H groups in total. The molecule has 0 saturated carbocycles. The average Bonchev–Trinajstić information content (AvgIpc) is 2.81. The topological polar surface area (TPSA) is 24.1 Å². The molecular weight excluding hydrogens is 352 g/mol. The number of anilines is 1. The lowest BCUT2D eigenvalue weighted by molar-refractivity contribution is 0.606. The fourth-order valence-electron chi connectivity index (χ4n) is 3.70. The average molecular weight is 379 g/mol. The van der Waals surface area contributed by atoms with Gasteiger partial charge < -0.3 is 10.6 Å². The van der Waals surface area contributed by atoms with Crippen LogP contribution in [0.15, 0.2) is 109 Å². The number of hydrogen-bond donors (Lipinski definition) is 2. The molecule has 144 valence electrons. The third-order valence-corrected chi connectivity index (χ3v) is 5.25. The van der Waals surface area contributed by atoms with Crippen LogP contribution in [0.5, 0.6) is 0 Å². The van der Waals surface area contributed by atoms with E-state index in [0.29, 0.717) is 0 Å². The fourth-order valence-corrected chi connectivity index (χ4v) is 3.70. The molecular formula is C27H26N2. The molecule has 0 aromatic heterocycles. The van der Waals surface area contributed by atoms with Crippen molar-refractivity contribution in [3.8, 4) is 11.1 Å². The van der Waals surface area contributed by atoms with Crippen LogP contribution in [-0.2, 0) is 6.54 Å². The molecule has 0 aliphatic rings. The number of para-hydroxylation sites is 1. The van der Waals surface area contributed by atoms with Crippen molar-refractivity contribution in [2.45, 2.75) is 12.6 Å². The fraction of sp³-hybridized carbons (Fsp3) is 0.111. The normalized spacial score (nSPS) is 11.8. The van der Waals surface area contributed by atoms with Crippen LogP contribution in [0.4, 0.5) is 5.69 Å². The van der Waals surface area contributed by atoms with Crippen LogP contribution in [0.2, 0.25) is 0 Å². The maximum absolute atomic E-state index is 3.76. The van der Waals surface area contributed by atoms with Gasteiger partial charge in [-0.2, -0.15) is 0 Å². The monoisotopic (exact) mass is 378 g/mol. The molecule has 0 amide bonds. The van der Waals surface area contributed by atoms with Gasteiger partial charge in [0.1, 0.15) is 0 Å². The van der Waals surface area contributed by atoms with Gasteiger partial charge in [0.25, 0.3) is 0 Å². The predicted molar refractivity (Wildman–Crippen MR) is 123 cm³/mol. The molecule has 0 aliphatic heterocycles. The first kappa shape index (κ1) is 19.0. The Balaban J connectivity index is 1.66. The van der Waals surface area contributed by atoms with Crippen LogP contribution >= 0.6 is 0 Å². The highest BCUT2D eigenvalue weighted by Gasteiger charge is 2.17. The van der Waals surface area contributed by atoms with E-state index >= 15 is 0 Å². The maximum atomic E-state index is 3.76. The molecule has 0 bridgehead atoms. The Labute approximate surface area is 173 Å². The molecule has 0 aliphatic carbocycles. The van der Waals surface area contributed by atoms with E-state index in [0.717, 1.165) is 12.2 Å². The van der Waals surface area contributed by atoms with E-state index in [2.05, 4.69) is 120 Å². The van der Waals surface area contributed by atoms with E-state index in [-0.39, 0.29) is 6.04 Å². The van der Waals surface area contributed by atoms with Crippen molar-refractivity contribution in [3.05, 3.63) is 126 Å². The molecule has 4 rings (SSSR count). The van der Waals surface area contributed by atoms with Gasteiger partial charge in [-0.25, -0.2) is 0 Å². The van der Waals surface area contributed by atoms with Gasteiger partial charge in [0.05, 0.1) is 6.04 Å². The van der Waals surface area contributed by atoms with E-state index in [1.807, 2.05) is 7.05 Å². The Kier molecular flexibility index (Phi) is 6.04. The highest BCUT2D eigenvalue weighted by Crippen LogP contribution is 2.30. The minimum absolute atomic E-state index is 0.101. The zero-order chi connectivity index (χ0) is 19.9. The van der Waals surface area contributed by atoms with Crippen molar-refractivity contribution in [1.82, 2.24) is 5.32 Å². The van der Waals surface area contributed by atoms with Crippen molar-refractivity contribution in [2.75, 3.05) is 12.4 Å². The van der Waals surface area contributed by atoms with Crippen LogP contribution in [0, 0.1) is 0 Å². The molecule has 2 heteroatoms. The van der Waals surface area contributed by atoms with E-state index in [4.69, 9.17) is 0 Å². The van der Waals surface area contributed by atoms with Crippen molar-refractivity contribution < 1.29 is 0 Å². The van der Waals surface area contributed by atoms with Gasteiger partial charge >= 0.3 is 0 Å². The Morgan fingerprint density at radius 2 is 1.21 bits per heavy atom. The Hall–Kier alpha value is -3.36. The summed E-state index contributed by atoms with van der Waals surface area (Å²) in [7, 11) is 1.98. The van der Waals surface area contributed by atoms with Crippen LogP contribution in [0.25, 0.3) is 11.1 Å². The lowest BCUT2D eigenvalue weighted by Gasteiger charge is -2.23. The lowest BCUT2D eigenvalue weighted by atomic mass is 9.94. The number of rotatable bonds is 7. The number of hydrogen-bond acceptors (Lipinski definition) is 2. The summed E-state index contributed by atoms with van der Waals surface area (Å²) >= 11 is 0. The first-order valence-corrected chi connectivity index (χ1v) is 10.0. The molecule has 2 nitrogen and oxygen atoms in total. The van der Waals surface area contributed by atoms with Crippen molar-refractivity contribution in [3.63, 3.8) is 0 Å². The molecule has 1 atom stereocenters. The molecule has 1 unspecified atom stereocenters. The summed E-state index contributed by atoms with van der Waals surface area (Å²) in [6.45, 7) is 0.810. The standard InChI is InChI=1S/C27H26N2/c1-28-26-15-9-8-14-25(26)27(29-20-21-10-4-2-5-11-21)24-18-16-23(17-19-24)22-12-6-3-7-13-22/h2-19,27-29H,20H2,1H3. The van der Waals surface area contributed by atoms with E-state index in [1.165, 1.54) is 27.8 Å². The molecule has 0 spiro atoms. The van der Waals surface area contributed by atoms with E-state index in [1.54, 1.807) is 0 Å². The van der Waals surface area contributed by atoms with Gasteiger partial charge in [0.15, 0.2) is 0 Å². The zero-order valence-corrected chi connectivity index (χ0v) is 16.7. The van der Waals surface area contributed by atoms with Crippen LogP contribution in [0.1, 0.15) is 22.7 Å². The molecule has 0 fully saturated rings. The van der Waals surface area contributed by atoms with E-state index < -0.39 is 0 Å². The predicted octanol–water partition coefficient (Wildman–Crippen LogP) is 6.27. The second kappa shape index (κ2) is 9.22. The van der Waals surface area contributed by atoms with Crippen molar-refractivity contribution >= 4 is 5.69 Å². The number of benzene rings is 4. The minimum atomic E-state index is 0.101. The summed E-state index contributed by atoms with van der Waals surface area (Å²) in [5.41, 5.74) is 7.40. The molecule has 0 heterocycles. The van der Waals surface area contributed by atoms with Gasteiger partial charge in [0.2, 0.25) is 0 Å². The number of nitrogens with one attached hydrogen (secondary N) is 2. The smallest absolute Gasteiger partial charge is 0.0599 e. The lowest BCUT2D eigenvalue weighted by Crippen LogP contribution is -2.23. The Morgan fingerprint density at radius 1 is 0.621 bits per heavy atom. The van der Waals surface area contributed by atoms with Gasteiger partial charge in [-0.3, -0.25) is 0 Å². The van der Waals surface area contributed by atoms with Gasteiger partial charge in [-0.05, 0) is 33.9 Å². The van der Waals surface area contributed by atoms with Crippen molar-refractivity contribution in [1.29, 1.82) is 0 Å². The first-order valence-electron chi connectivity index (χ1n) is 10.0. The summed E-state index contributed by atoms with van der Waals surface area (Å²) in [6.07, 6.45) is 0. The van der Waals surface area contributed by atoms with Crippen LogP contribution in [-0.4, -0.2) is 7.05 Å². The third-order valence-electron chi connectivity index (χ3n) is 5.25. The zero-order valence-electron chi connectivity index (χ0n) is 16.7. The molecule has 29 heavy (non-hydrogen) atoms. The first-order chi connectivity index (χ1) is 14.3. The third kappa shape index (κ3) is 4.56. The molecule has 4 aromatic rings. The van der Waals surface area contributed by atoms with Gasteiger partial charge in [0, 0.05) is 19.3 Å². The Bertz CT molecular complexity index is 1020. The van der Waals surface area contributed by atoms with Crippen LogP contribution < -0.4 is 10.6 Å². The quantitative estimate of drug-likeness (QED) is 0.396. The highest BCUT2D eigenvalue weighted by atomic mass is 14.9. The maximum Gasteiger partial charge on any atom is 0.0599 e. The van der Waals surface area contributed by atoms with Crippen molar-refractivity contribution in [2.24, 2.45) is 0 Å². The van der Waals surface area contributed by atoms with Gasteiger partial charge in [-0.1, -0.05) is 103 Å². The molecule has 0 saturated heterocycles. The van der Waals surface area contributed by atoms with Gasteiger partial charge in [-0.15, -0.1) is 0 Å². The molecule has 4 aromatic carbocycles. The largest absolute Gasteiger partial charge is 0.388 e. The second-order valence-corrected chi connectivity index (χ2v) is 7.12. The summed E-state index contributed by atoms with van der Waals surface area (Å²) in [6, 6.07) is 38.5.